The van der Waals surface area contributed by atoms with Crippen molar-refractivity contribution in [3.8, 4) is 0 Å². The Morgan fingerprint density at radius 3 is 1.94 bits per heavy atom. The van der Waals surface area contributed by atoms with Crippen molar-refractivity contribution in [3.05, 3.63) is 71.3 Å². The third-order valence-electron chi connectivity index (χ3n) is 7.07. The van der Waals surface area contributed by atoms with Crippen molar-refractivity contribution in [1.29, 1.82) is 0 Å². The monoisotopic (exact) mass is 452 g/mol. The van der Waals surface area contributed by atoms with Gasteiger partial charge >= 0.3 is 18.0 Å². The second kappa shape index (κ2) is 9.62. The highest BCUT2D eigenvalue weighted by Gasteiger charge is 2.46. The Labute approximate surface area is 192 Å². The van der Waals surface area contributed by atoms with E-state index in [1.54, 1.807) is 4.90 Å². The average molecular weight is 453 g/mol. The molecule has 0 saturated carbocycles. The number of aliphatic carboxylic acids is 2. The normalized spacial score (nSPS) is 27.6. The number of benzene rings is 2. The summed E-state index contributed by atoms with van der Waals surface area (Å²) in [4.78, 5) is 35.0. The van der Waals surface area contributed by atoms with Gasteiger partial charge < -0.3 is 15.3 Å². The highest BCUT2D eigenvalue weighted by Crippen LogP contribution is 2.43. The Morgan fingerprint density at radius 1 is 0.788 bits per heavy atom. The van der Waals surface area contributed by atoms with E-state index in [9.17, 15) is 9.90 Å². The van der Waals surface area contributed by atoms with Gasteiger partial charge in [0.25, 0.3) is 0 Å². The Bertz CT molecular complexity index is 1010. The fraction of sp³-hybridized carbons (Fsp3) is 0.400. The van der Waals surface area contributed by atoms with Gasteiger partial charge in [-0.05, 0) is 61.4 Å². The molecule has 4 aliphatic heterocycles. The zero-order valence-electron chi connectivity index (χ0n) is 18.2. The molecule has 0 aliphatic carbocycles. The smallest absolute Gasteiger partial charge is 0.414 e. The predicted octanol–water partition coefficient (Wildman–Crippen LogP) is 3.32. The Kier molecular flexibility index (Phi) is 6.65. The molecular formula is C25H28N2O6. The van der Waals surface area contributed by atoms with Gasteiger partial charge in [-0.2, -0.15) is 0 Å². The summed E-state index contributed by atoms with van der Waals surface area (Å²) in [6, 6.07) is 18.7. The summed E-state index contributed by atoms with van der Waals surface area (Å²) < 4.78 is 0. The van der Waals surface area contributed by atoms with Crippen molar-refractivity contribution in [2.45, 2.75) is 43.8 Å². The van der Waals surface area contributed by atoms with E-state index in [1.807, 2.05) is 24.3 Å². The van der Waals surface area contributed by atoms with E-state index < -0.39 is 18.0 Å². The fourth-order valence-electron chi connectivity index (χ4n) is 5.61. The fourth-order valence-corrected chi connectivity index (χ4v) is 5.61. The molecule has 2 bridgehead atoms. The quantitative estimate of drug-likeness (QED) is 0.598. The third-order valence-corrected chi connectivity index (χ3v) is 7.07. The van der Waals surface area contributed by atoms with E-state index in [-0.39, 0.29) is 12.1 Å². The zero-order valence-corrected chi connectivity index (χ0v) is 18.2. The standard InChI is InChI=1S/C23H26N2O2.C2H2O4/c26-23(27)25-21(20-14-16-10-12-24(20)13-11-16)15-18-8-4-5-9-19(18)22(25)17-6-2-1-3-7-17;3-1(4)2(5)6/h1-9,16,20-22H,10-15H2,(H,26,27);(H,3,4)(H,5,6). The van der Waals surface area contributed by atoms with Crippen molar-refractivity contribution in [1.82, 2.24) is 9.80 Å². The van der Waals surface area contributed by atoms with Crippen LogP contribution >= 0.6 is 0 Å². The van der Waals surface area contributed by atoms with Crippen molar-refractivity contribution in [2.24, 2.45) is 5.92 Å². The van der Waals surface area contributed by atoms with E-state index in [1.165, 1.54) is 18.4 Å². The Balaban J connectivity index is 0.000000385. The van der Waals surface area contributed by atoms with Gasteiger partial charge in [0.05, 0.1) is 12.1 Å². The van der Waals surface area contributed by atoms with E-state index >= 15 is 0 Å². The molecule has 3 unspecified atom stereocenters. The number of rotatable bonds is 2. The maximum absolute atomic E-state index is 12.5. The third kappa shape index (κ3) is 4.71. The molecule has 8 heteroatoms. The van der Waals surface area contributed by atoms with E-state index in [2.05, 4.69) is 35.2 Å². The lowest BCUT2D eigenvalue weighted by molar-refractivity contribution is -0.159. The molecular weight excluding hydrogens is 424 g/mol. The molecule has 3 fully saturated rings. The minimum Gasteiger partial charge on any atom is -0.473 e. The largest absolute Gasteiger partial charge is 0.473 e. The molecule has 4 heterocycles. The van der Waals surface area contributed by atoms with Crippen LogP contribution in [0.4, 0.5) is 4.79 Å². The maximum Gasteiger partial charge on any atom is 0.414 e. The van der Waals surface area contributed by atoms with Crippen LogP contribution in [0.5, 0.6) is 0 Å². The first-order valence-electron chi connectivity index (χ1n) is 11.2. The second-order valence-corrected chi connectivity index (χ2v) is 8.87. The zero-order chi connectivity index (χ0) is 23.5. The van der Waals surface area contributed by atoms with Crippen LogP contribution in [0.1, 0.15) is 42.0 Å². The number of amides is 1. The molecule has 1 amide bonds. The molecule has 0 spiro atoms. The van der Waals surface area contributed by atoms with Gasteiger partial charge in [-0.3, -0.25) is 9.80 Å². The number of hydrogen-bond donors (Lipinski definition) is 3. The molecule has 2 aromatic rings. The summed E-state index contributed by atoms with van der Waals surface area (Å²) in [6.45, 7) is 2.24. The molecule has 0 radical (unpaired) electrons. The van der Waals surface area contributed by atoms with Crippen LogP contribution in [0.25, 0.3) is 0 Å². The van der Waals surface area contributed by atoms with E-state index in [0.717, 1.165) is 43.0 Å². The van der Waals surface area contributed by atoms with Gasteiger partial charge in [-0.25, -0.2) is 14.4 Å². The molecule has 8 nitrogen and oxygen atoms in total. The van der Waals surface area contributed by atoms with Crippen LogP contribution in [0.2, 0.25) is 0 Å². The van der Waals surface area contributed by atoms with Crippen molar-refractivity contribution in [2.75, 3.05) is 13.1 Å². The first-order valence-corrected chi connectivity index (χ1v) is 11.2. The second-order valence-electron chi connectivity index (χ2n) is 8.87. The number of nitrogens with zero attached hydrogens (tertiary/aromatic N) is 2. The number of fused-ring (bicyclic) bond motifs is 4. The Hall–Kier alpha value is -3.39. The molecule has 0 aromatic heterocycles. The summed E-state index contributed by atoms with van der Waals surface area (Å²) in [5.74, 6) is -2.88. The molecule has 4 aliphatic rings. The minimum absolute atomic E-state index is 0.0192. The molecule has 3 N–H and O–H groups in total. The van der Waals surface area contributed by atoms with Crippen molar-refractivity contribution in [3.63, 3.8) is 0 Å². The first-order chi connectivity index (χ1) is 15.9. The van der Waals surface area contributed by atoms with Gasteiger partial charge in [-0.1, -0.05) is 54.6 Å². The summed E-state index contributed by atoms with van der Waals surface area (Å²) in [5.41, 5.74) is 3.50. The van der Waals surface area contributed by atoms with Gasteiger partial charge in [0.1, 0.15) is 0 Å². The SMILES string of the molecule is O=C(O)C(=O)O.O=C(O)N1C(c2ccccc2)c2ccccc2CC1C1CC2CCN1CC2. The summed E-state index contributed by atoms with van der Waals surface area (Å²) in [6.07, 6.45) is 3.70. The van der Waals surface area contributed by atoms with Crippen LogP contribution in [-0.2, 0) is 16.0 Å². The molecule has 174 valence electrons. The predicted molar refractivity (Wildman–Crippen MR) is 120 cm³/mol. The number of carboxylic acids is 2. The highest BCUT2D eigenvalue weighted by atomic mass is 16.4. The average Bonchev–Trinajstić information content (AvgIpc) is 2.84. The topological polar surface area (TPSA) is 118 Å². The highest BCUT2D eigenvalue weighted by molar-refractivity contribution is 6.27. The minimum atomic E-state index is -1.82. The van der Waals surface area contributed by atoms with Crippen LogP contribution in [0.15, 0.2) is 54.6 Å². The molecule has 33 heavy (non-hydrogen) atoms. The van der Waals surface area contributed by atoms with Gasteiger partial charge in [-0.15, -0.1) is 0 Å². The lowest BCUT2D eigenvalue weighted by Gasteiger charge is -2.53. The number of hydrogen-bond acceptors (Lipinski definition) is 4. The Morgan fingerprint density at radius 2 is 1.39 bits per heavy atom. The number of carbonyl (C=O) groups is 3. The summed E-state index contributed by atoms with van der Waals surface area (Å²) in [5, 5.41) is 25.1. The van der Waals surface area contributed by atoms with E-state index in [4.69, 9.17) is 19.8 Å². The molecule has 2 aromatic carbocycles. The van der Waals surface area contributed by atoms with E-state index in [0.29, 0.717) is 6.04 Å². The number of piperidine rings is 3. The van der Waals surface area contributed by atoms with Crippen molar-refractivity contribution < 1.29 is 29.7 Å². The van der Waals surface area contributed by atoms with Gasteiger partial charge in [0.2, 0.25) is 0 Å². The lowest BCUT2D eigenvalue weighted by Crippen LogP contribution is -2.61. The van der Waals surface area contributed by atoms with Crippen LogP contribution in [-0.4, -0.2) is 68.3 Å². The van der Waals surface area contributed by atoms with Gasteiger partial charge in [0, 0.05) is 6.04 Å². The lowest BCUT2D eigenvalue weighted by atomic mass is 9.75. The molecule has 3 atom stereocenters. The van der Waals surface area contributed by atoms with Crippen LogP contribution < -0.4 is 0 Å². The molecule has 6 rings (SSSR count). The summed E-state index contributed by atoms with van der Waals surface area (Å²) in [7, 11) is 0. The van der Waals surface area contributed by atoms with Gasteiger partial charge in [0.15, 0.2) is 0 Å². The first kappa shape index (κ1) is 22.8. The van der Waals surface area contributed by atoms with Crippen LogP contribution in [0, 0.1) is 5.92 Å². The van der Waals surface area contributed by atoms with Crippen LogP contribution in [0.3, 0.4) is 0 Å². The molecule has 3 saturated heterocycles. The number of carboxylic acid groups (broad SMARTS) is 3. The van der Waals surface area contributed by atoms with Crippen molar-refractivity contribution >= 4 is 18.0 Å². The maximum atomic E-state index is 12.5. The summed E-state index contributed by atoms with van der Waals surface area (Å²) >= 11 is 0.